The topological polar surface area (TPSA) is 123 Å². The maximum absolute atomic E-state index is 15.0. The lowest BCUT2D eigenvalue weighted by atomic mass is 9.93. The molecule has 2 aliphatic heterocycles. The van der Waals surface area contributed by atoms with Crippen LogP contribution in [0.4, 0.5) is 15.0 Å². The molecular formula is C35H51FN4O7. The van der Waals surface area contributed by atoms with Crippen LogP contribution in [0.2, 0.25) is 0 Å². The van der Waals surface area contributed by atoms with E-state index in [1.165, 1.54) is 22.6 Å². The SMILES string of the molecule is CC(C)(C)CCOCCOCCOCCOc1ccc(C(CC(=O)O)N2CCN(CCCc3ccc4c(n3)NCCC4)C2=O)cc1F. The molecule has 0 aliphatic carbocycles. The van der Waals surface area contributed by atoms with E-state index in [2.05, 4.69) is 32.2 Å². The Hall–Kier alpha value is -3.48. The number of carbonyl (C=O) groups is 2. The van der Waals surface area contributed by atoms with Gasteiger partial charge in [-0.1, -0.05) is 32.9 Å². The lowest BCUT2D eigenvalue weighted by molar-refractivity contribution is -0.138. The molecule has 2 aliphatic rings. The van der Waals surface area contributed by atoms with Gasteiger partial charge in [0.05, 0.1) is 45.5 Å². The number of nitrogens with zero attached hydrogens (tertiary/aromatic N) is 3. The molecule has 11 nitrogen and oxygen atoms in total. The fraction of sp³-hybridized carbons (Fsp3) is 0.629. The number of carbonyl (C=O) groups excluding carboxylic acids is 1. The largest absolute Gasteiger partial charge is 0.488 e. The van der Waals surface area contributed by atoms with Crippen molar-refractivity contribution in [3.05, 3.63) is 53.0 Å². The first kappa shape index (κ1) is 36.4. The number of amides is 2. The van der Waals surface area contributed by atoms with Crippen LogP contribution < -0.4 is 10.1 Å². The Kier molecular flexibility index (Phi) is 14.1. The minimum atomic E-state index is -1.07. The van der Waals surface area contributed by atoms with Crippen LogP contribution in [0.1, 0.15) is 69.3 Å². The maximum Gasteiger partial charge on any atom is 0.320 e. The number of hydrogen-bond acceptors (Lipinski definition) is 8. The number of benzene rings is 1. The summed E-state index contributed by atoms with van der Waals surface area (Å²) in [5.74, 6) is -0.697. The normalized spacial score (nSPS) is 15.4. The number of carboxylic acids is 1. The molecule has 0 saturated carbocycles. The van der Waals surface area contributed by atoms with Crippen LogP contribution in [0.25, 0.3) is 0 Å². The van der Waals surface area contributed by atoms with Gasteiger partial charge in [0.25, 0.3) is 0 Å². The average Bonchev–Trinajstić information content (AvgIpc) is 3.39. The van der Waals surface area contributed by atoms with Gasteiger partial charge in [0.15, 0.2) is 11.6 Å². The number of fused-ring (bicyclic) bond motifs is 1. The van der Waals surface area contributed by atoms with E-state index in [9.17, 15) is 14.7 Å². The number of anilines is 1. The molecular weight excluding hydrogens is 607 g/mol. The predicted octanol–water partition coefficient (Wildman–Crippen LogP) is 5.33. The number of aryl methyl sites for hydroxylation is 2. The molecule has 1 aromatic heterocycles. The number of aliphatic carboxylic acids is 1. The number of pyridine rings is 1. The van der Waals surface area contributed by atoms with Gasteiger partial charge in [0.2, 0.25) is 0 Å². The van der Waals surface area contributed by atoms with Crippen LogP contribution in [0, 0.1) is 11.2 Å². The summed E-state index contributed by atoms with van der Waals surface area (Å²) in [7, 11) is 0. The second kappa shape index (κ2) is 18.2. The molecule has 4 rings (SSSR count). The van der Waals surface area contributed by atoms with Crippen molar-refractivity contribution in [2.75, 3.05) is 77.7 Å². The highest BCUT2D eigenvalue weighted by Crippen LogP contribution is 2.31. The first-order valence-electron chi connectivity index (χ1n) is 16.8. The summed E-state index contributed by atoms with van der Waals surface area (Å²) in [6.45, 7) is 11.8. The lowest BCUT2D eigenvalue weighted by Crippen LogP contribution is -2.36. The number of halogens is 1. The van der Waals surface area contributed by atoms with Crippen LogP contribution in [0.5, 0.6) is 5.75 Å². The second-order valence-electron chi connectivity index (χ2n) is 13.2. The van der Waals surface area contributed by atoms with E-state index in [0.717, 1.165) is 50.2 Å². The van der Waals surface area contributed by atoms with Gasteiger partial charge in [-0.05, 0) is 66.8 Å². The van der Waals surface area contributed by atoms with Gasteiger partial charge in [0, 0.05) is 38.5 Å². The molecule has 2 amide bonds. The van der Waals surface area contributed by atoms with Crippen molar-refractivity contribution < 1.29 is 38.0 Å². The molecule has 1 fully saturated rings. The van der Waals surface area contributed by atoms with E-state index in [1.54, 1.807) is 11.0 Å². The Morgan fingerprint density at radius 1 is 1.02 bits per heavy atom. The molecule has 1 saturated heterocycles. The molecule has 3 heterocycles. The van der Waals surface area contributed by atoms with Crippen molar-refractivity contribution in [3.8, 4) is 5.75 Å². The highest BCUT2D eigenvalue weighted by molar-refractivity contribution is 5.78. The Morgan fingerprint density at radius 2 is 1.74 bits per heavy atom. The summed E-state index contributed by atoms with van der Waals surface area (Å²) in [6.07, 6.45) is 4.27. The molecule has 12 heteroatoms. The molecule has 0 radical (unpaired) electrons. The Labute approximate surface area is 277 Å². The summed E-state index contributed by atoms with van der Waals surface area (Å²) in [4.78, 5) is 33.1. The van der Waals surface area contributed by atoms with Crippen LogP contribution in [-0.2, 0) is 31.8 Å². The quantitative estimate of drug-likeness (QED) is 0.182. The van der Waals surface area contributed by atoms with Crippen LogP contribution >= 0.6 is 0 Å². The Morgan fingerprint density at radius 3 is 2.45 bits per heavy atom. The molecule has 2 aromatic rings. The van der Waals surface area contributed by atoms with Gasteiger partial charge in [-0.25, -0.2) is 14.2 Å². The van der Waals surface area contributed by atoms with Gasteiger partial charge in [-0.15, -0.1) is 0 Å². The standard InChI is InChI=1S/C35H51FN4O7/c1-35(2,3)12-17-44-18-19-45-20-21-46-22-23-47-31-11-9-27(24-29(31)36)30(25-32(41)42)40-16-15-39(34(40)43)14-5-7-28-10-8-26-6-4-13-37-33(26)38-28/h8-11,24,30H,4-7,12-23,25H2,1-3H3,(H,37,38)(H,41,42). The first-order chi connectivity index (χ1) is 22.6. The third kappa shape index (κ3) is 11.9. The van der Waals surface area contributed by atoms with Crippen molar-refractivity contribution in [3.63, 3.8) is 0 Å². The van der Waals surface area contributed by atoms with Crippen molar-refractivity contribution in [1.82, 2.24) is 14.8 Å². The fourth-order valence-corrected chi connectivity index (χ4v) is 5.60. The highest BCUT2D eigenvalue weighted by Gasteiger charge is 2.35. The Bertz CT molecular complexity index is 1310. The van der Waals surface area contributed by atoms with Gasteiger partial charge < -0.3 is 39.2 Å². The van der Waals surface area contributed by atoms with Crippen LogP contribution in [0.15, 0.2) is 30.3 Å². The van der Waals surface area contributed by atoms with Crippen molar-refractivity contribution in [1.29, 1.82) is 0 Å². The number of ether oxygens (including phenoxy) is 4. The average molecular weight is 659 g/mol. The van der Waals surface area contributed by atoms with E-state index in [-0.39, 0.29) is 36.8 Å². The smallest absolute Gasteiger partial charge is 0.320 e. The van der Waals surface area contributed by atoms with E-state index < -0.39 is 17.8 Å². The first-order valence-corrected chi connectivity index (χ1v) is 16.8. The van der Waals surface area contributed by atoms with Gasteiger partial charge in [-0.3, -0.25) is 4.79 Å². The van der Waals surface area contributed by atoms with E-state index in [0.29, 0.717) is 58.2 Å². The monoisotopic (exact) mass is 658 g/mol. The Balaban J connectivity index is 1.18. The minimum Gasteiger partial charge on any atom is -0.488 e. The highest BCUT2D eigenvalue weighted by atomic mass is 19.1. The zero-order chi connectivity index (χ0) is 33.6. The summed E-state index contributed by atoms with van der Waals surface area (Å²) in [5.41, 5.74) is 2.88. The van der Waals surface area contributed by atoms with Gasteiger partial charge >= 0.3 is 12.0 Å². The van der Waals surface area contributed by atoms with Crippen molar-refractivity contribution in [2.24, 2.45) is 5.41 Å². The summed E-state index contributed by atoms with van der Waals surface area (Å²) < 4.78 is 37.2. The third-order valence-corrected chi connectivity index (χ3v) is 8.25. The summed E-state index contributed by atoms with van der Waals surface area (Å²) in [6, 6.07) is 7.48. The number of carboxylic acid groups (broad SMARTS) is 1. The minimum absolute atomic E-state index is 0.0374. The summed E-state index contributed by atoms with van der Waals surface area (Å²) >= 11 is 0. The molecule has 2 N–H and O–H groups in total. The van der Waals surface area contributed by atoms with Crippen molar-refractivity contribution >= 4 is 17.8 Å². The molecule has 47 heavy (non-hydrogen) atoms. The number of hydrogen-bond donors (Lipinski definition) is 2. The number of urea groups is 1. The van der Waals surface area contributed by atoms with Crippen molar-refractivity contribution in [2.45, 2.75) is 65.3 Å². The lowest BCUT2D eigenvalue weighted by Gasteiger charge is -2.27. The molecule has 0 bridgehead atoms. The summed E-state index contributed by atoms with van der Waals surface area (Å²) in [5, 5.41) is 13.0. The maximum atomic E-state index is 15.0. The van der Waals surface area contributed by atoms with Gasteiger partial charge in [0.1, 0.15) is 12.4 Å². The van der Waals surface area contributed by atoms with E-state index >= 15 is 4.39 Å². The molecule has 0 spiro atoms. The molecule has 1 aromatic carbocycles. The third-order valence-electron chi connectivity index (χ3n) is 8.25. The fourth-order valence-electron chi connectivity index (χ4n) is 5.60. The molecule has 1 unspecified atom stereocenters. The number of nitrogens with one attached hydrogen (secondary N) is 1. The number of aromatic nitrogens is 1. The molecule has 1 atom stereocenters. The second-order valence-corrected chi connectivity index (χ2v) is 13.2. The zero-order valence-corrected chi connectivity index (χ0v) is 28.1. The number of rotatable bonds is 20. The van der Waals surface area contributed by atoms with Crippen LogP contribution in [-0.4, -0.2) is 104 Å². The molecule has 260 valence electrons. The zero-order valence-electron chi connectivity index (χ0n) is 28.1. The van der Waals surface area contributed by atoms with Crippen LogP contribution in [0.3, 0.4) is 0 Å². The van der Waals surface area contributed by atoms with E-state index in [1.807, 2.05) is 6.07 Å². The van der Waals surface area contributed by atoms with E-state index in [4.69, 9.17) is 23.9 Å². The van der Waals surface area contributed by atoms with Gasteiger partial charge in [-0.2, -0.15) is 0 Å². The predicted molar refractivity (Wildman–Crippen MR) is 176 cm³/mol.